The molecule has 1 amide bonds. The van der Waals surface area contributed by atoms with Crippen molar-refractivity contribution in [3.05, 3.63) is 46.8 Å². The van der Waals surface area contributed by atoms with E-state index in [1.807, 2.05) is 24.3 Å². The second-order valence-corrected chi connectivity index (χ2v) is 5.92. The number of nitrogens with one attached hydrogen (secondary N) is 1. The van der Waals surface area contributed by atoms with Crippen LogP contribution in [-0.2, 0) is 0 Å². The number of rotatable bonds is 6. The molecule has 0 saturated carbocycles. The van der Waals surface area contributed by atoms with Crippen molar-refractivity contribution in [2.24, 2.45) is 0 Å². The van der Waals surface area contributed by atoms with Crippen LogP contribution in [0, 0.1) is 0 Å². The normalized spacial score (nSPS) is 10.3. The summed E-state index contributed by atoms with van der Waals surface area (Å²) in [7, 11) is 1.79. The van der Waals surface area contributed by atoms with Crippen molar-refractivity contribution in [2.75, 3.05) is 18.9 Å². The second-order valence-electron chi connectivity index (χ2n) is 5.00. The van der Waals surface area contributed by atoms with Gasteiger partial charge in [0.2, 0.25) is 0 Å². The molecule has 2 aromatic rings. The molecule has 1 N–H and O–H groups in total. The van der Waals surface area contributed by atoms with E-state index in [0.717, 1.165) is 29.5 Å². The fourth-order valence-corrected chi connectivity index (χ4v) is 2.35. The summed E-state index contributed by atoms with van der Waals surface area (Å²) < 4.78 is 0.974. The number of hydrogen-bond acceptors (Lipinski definition) is 4. The van der Waals surface area contributed by atoms with E-state index in [0.29, 0.717) is 11.5 Å². The Morgan fingerprint density at radius 2 is 2.14 bits per heavy atom. The molecule has 0 spiro atoms. The quantitative estimate of drug-likeness (QED) is 0.847. The molecule has 116 valence electrons. The van der Waals surface area contributed by atoms with Crippen LogP contribution < -0.4 is 5.32 Å². The fraction of sp³-hybridized carbons (Fsp3) is 0.312. The first-order chi connectivity index (χ1) is 10.6. The molecule has 0 aliphatic heterocycles. The van der Waals surface area contributed by atoms with Gasteiger partial charge >= 0.3 is 0 Å². The molecule has 6 heteroatoms. The maximum Gasteiger partial charge on any atom is 0.272 e. The third-order valence-corrected chi connectivity index (χ3v) is 3.67. The number of hydrogen-bond donors (Lipinski definition) is 1. The summed E-state index contributed by atoms with van der Waals surface area (Å²) in [5.41, 5.74) is 1.29. The van der Waals surface area contributed by atoms with Crippen LogP contribution in [0.25, 0.3) is 0 Å². The highest BCUT2D eigenvalue weighted by Gasteiger charge is 2.13. The third kappa shape index (κ3) is 4.53. The summed E-state index contributed by atoms with van der Waals surface area (Å²) in [6.45, 7) is 2.83. The van der Waals surface area contributed by atoms with Crippen LogP contribution in [0.2, 0.25) is 0 Å². The summed E-state index contributed by atoms with van der Waals surface area (Å²) in [5.74, 6) is 0.508. The van der Waals surface area contributed by atoms with E-state index in [2.05, 4.69) is 38.1 Å². The number of unbranched alkanes of at least 4 members (excludes halogenated alkanes) is 1. The summed E-state index contributed by atoms with van der Waals surface area (Å²) >= 11 is 3.42. The van der Waals surface area contributed by atoms with Gasteiger partial charge in [-0.25, -0.2) is 9.97 Å². The zero-order valence-electron chi connectivity index (χ0n) is 12.7. The van der Waals surface area contributed by atoms with Crippen LogP contribution in [-0.4, -0.2) is 34.4 Å². The first-order valence-corrected chi connectivity index (χ1v) is 7.99. The van der Waals surface area contributed by atoms with Crippen LogP contribution in [0.4, 0.5) is 11.5 Å². The van der Waals surface area contributed by atoms with Crippen molar-refractivity contribution in [3.63, 3.8) is 0 Å². The third-order valence-electron chi connectivity index (χ3n) is 3.18. The number of nitrogens with zero attached hydrogens (tertiary/aromatic N) is 3. The van der Waals surface area contributed by atoms with Crippen LogP contribution in [0.3, 0.4) is 0 Å². The van der Waals surface area contributed by atoms with E-state index < -0.39 is 0 Å². The standard InChI is InChI=1S/C16H19BrN4O/c1-3-4-8-21(2)16(22)14-10-15(19-11-18-14)20-13-7-5-6-12(17)9-13/h5-7,9-11H,3-4,8H2,1-2H3,(H,18,19,20). The molecule has 1 aromatic carbocycles. The van der Waals surface area contributed by atoms with Gasteiger partial charge in [-0.05, 0) is 24.6 Å². The highest BCUT2D eigenvalue weighted by atomic mass is 79.9. The summed E-state index contributed by atoms with van der Waals surface area (Å²) in [6, 6.07) is 9.42. The van der Waals surface area contributed by atoms with Crippen LogP contribution in [0.15, 0.2) is 41.1 Å². The molecule has 0 unspecified atom stereocenters. The Balaban J connectivity index is 2.11. The number of anilines is 2. The number of benzene rings is 1. The molecule has 0 bridgehead atoms. The van der Waals surface area contributed by atoms with Crippen molar-refractivity contribution in [2.45, 2.75) is 19.8 Å². The molecule has 0 atom stereocenters. The topological polar surface area (TPSA) is 58.1 Å². The van der Waals surface area contributed by atoms with Crippen LogP contribution >= 0.6 is 15.9 Å². The largest absolute Gasteiger partial charge is 0.340 e. The van der Waals surface area contributed by atoms with E-state index in [1.54, 1.807) is 18.0 Å². The maximum absolute atomic E-state index is 12.3. The highest BCUT2D eigenvalue weighted by Crippen LogP contribution is 2.19. The lowest BCUT2D eigenvalue weighted by Crippen LogP contribution is -2.28. The Morgan fingerprint density at radius 1 is 1.32 bits per heavy atom. The average Bonchev–Trinajstić information content (AvgIpc) is 2.52. The summed E-state index contributed by atoms with van der Waals surface area (Å²) in [6.07, 6.45) is 3.44. The number of amides is 1. The second kappa shape index (κ2) is 7.89. The lowest BCUT2D eigenvalue weighted by atomic mass is 10.3. The predicted molar refractivity (Wildman–Crippen MR) is 91.3 cm³/mol. The predicted octanol–water partition coefficient (Wildman–Crippen LogP) is 3.85. The van der Waals surface area contributed by atoms with E-state index >= 15 is 0 Å². The fourth-order valence-electron chi connectivity index (χ4n) is 1.95. The molecule has 0 aliphatic carbocycles. The Morgan fingerprint density at radius 3 is 2.86 bits per heavy atom. The molecule has 0 aliphatic rings. The average molecular weight is 363 g/mol. The molecular formula is C16H19BrN4O. The van der Waals surface area contributed by atoms with E-state index in [4.69, 9.17) is 0 Å². The molecule has 2 rings (SSSR count). The first kappa shape index (κ1) is 16.4. The number of halogens is 1. The van der Waals surface area contributed by atoms with Gasteiger partial charge in [0, 0.05) is 29.8 Å². The van der Waals surface area contributed by atoms with Gasteiger partial charge in [0.05, 0.1) is 0 Å². The molecule has 0 saturated heterocycles. The highest BCUT2D eigenvalue weighted by molar-refractivity contribution is 9.10. The van der Waals surface area contributed by atoms with Crippen molar-refractivity contribution < 1.29 is 4.79 Å². The summed E-state index contributed by atoms with van der Waals surface area (Å²) in [5, 5.41) is 3.17. The van der Waals surface area contributed by atoms with Gasteiger partial charge in [-0.2, -0.15) is 0 Å². The van der Waals surface area contributed by atoms with Crippen molar-refractivity contribution >= 4 is 33.3 Å². The zero-order chi connectivity index (χ0) is 15.9. The van der Waals surface area contributed by atoms with Gasteiger partial charge in [-0.1, -0.05) is 35.3 Å². The lowest BCUT2D eigenvalue weighted by Gasteiger charge is -2.16. The minimum absolute atomic E-state index is 0.0897. The minimum Gasteiger partial charge on any atom is -0.340 e. The smallest absolute Gasteiger partial charge is 0.272 e. The maximum atomic E-state index is 12.3. The Bertz CT molecular complexity index is 648. The Kier molecular flexibility index (Phi) is 5.89. The van der Waals surface area contributed by atoms with Crippen molar-refractivity contribution in [1.82, 2.24) is 14.9 Å². The first-order valence-electron chi connectivity index (χ1n) is 7.20. The van der Waals surface area contributed by atoms with Gasteiger partial charge < -0.3 is 10.2 Å². The SMILES string of the molecule is CCCCN(C)C(=O)c1cc(Nc2cccc(Br)c2)ncn1. The molecule has 5 nitrogen and oxygen atoms in total. The zero-order valence-corrected chi connectivity index (χ0v) is 14.3. The summed E-state index contributed by atoms with van der Waals surface area (Å²) in [4.78, 5) is 22.2. The van der Waals surface area contributed by atoms with E-state index in [9.17, 15) is 4.79 Å². The molecule has 1 heterocycles. The monoisotopic (exact) mass is 362 g/mol. The molecular weight excluding hydrogens is 344 g/mol. The van der Waals surface area contributed by atoms with Crippen LogP contribution in [0.5, 0.6) is 0 Å². The van der Waals surface area contributed by atoms with Gasteiger partial charge in [0.25, 0.3) is 5.91 Å². The molecule has 0 fully saturated rings. The van der Waals surface area contributed by atoms with E-state index in [1.165, 1.54) is 6.33 Å². The number of aromatic nitrogens is 2. The molecule has 22 heavy (non-hydrogen) atoms. The van der Waals surface area contributed by atoms with Gasteiger partial charge in [-0.3, -0.25) is 4.79 Å². The lowest BCUT2D eigenvalue weighted by molar-refractivity contribution is 0.0787. The molecule has 1 aromatic heterocycles. The minimum atomic E-state index is -0.0897. The Labute approximate surface area is 138 Å². The van der Waals surface area contributed by atoms with Crippen molar-refractivity contribution in [1.29, 1.82) is 0 Å². The van der Waals surface area contributed by atoms with E-state index in [-0.39, 0.29) is 5.91 Å². The van der Waals surface area contributed by atoms with Crippen LogP contribution in [0.1, 0.15) is 30.3 Å². The Hall–Kier alpha value is -1.95. The molecule has 0 radical (unpaired) electrons. The van der Waals surface area contributed by atoms with Gasteiger partial charge in [0.15, 0.2) is 0 Å². The number of carbonyl (C=O) groups is 1. The van der Waals surface area contributed by atoms with Gasteiger partial charge in [0.1, 0.15) is 17.8 Å². The van der Waals surface area contributed by atoms with Crippen molar-refractivity contribution in [3.8, 4) is 0 Å². The van der Waals surface area contributed by atoms with Gasteiger partial charge in [-0.15, -0.1) is 0 Å². The number of carbonyl (C=O) groups excluding carboxylic acids is 1.